The lowest BCUT2D eigenvalue weighted by Crippen LogP contribution is -2.27. The third-order valence-electron chi connectivity index (χ3n) is 1.36. The molecule has 0 bridgehead atoms. The molecular weight excluding hydrogens is 180 g/mol. The molecule has 0 amide bonds. The molecule has 0 aromatic rings. The van der Waals surface area contributed by atoms with Gasteiger partial charge in [-0.3, -0.25) is 0 Å². The fraction of sp³-hybridized carbons (Fsp3) is 0.429. The molecule has 0 heterocycles. The lowest BCUT2D eigenvalue weighted by molar-refractivity contribution is 0.120. The molecule has 2 heteroatoms. The summed E-state index contributed by atoms with van der Waals surface area (Å²) in [6.07, 6.45) is 8.29. The van der Waals surface area contributed by atoms with Crippen LogP contribution >= 0.6 is 15.9 Å². The maximum atomic E-state index is 9.50. The third-order valence-corrected chi connectivity index (χ3v) is 2.33. The van der Waals surface area contributed by atoms with Crippen molar-refractivity contribution in [2.24, 2.45) is 0 Å². The van der Waals surface area contributed by atoms with Gasteiger partial charge in [-0.05, 0) is 6.42 Å². The molecule has 0 spiro atoms. The number of halogens is 1. The summed E-state index contributed by atoms with van der Waals surface area (Å²) >= 11 is 3.23. The first-order chi connectivity index (χ1) is 4.27. The number of alkyl halides is 1. The average Bonchev–Trinajstić information content (AvgIpc) is 1.90. The number of rotatable bonds is 1. The molecule has 1 nitrogen and oxygen atoms in total. The van der Waals surface area contributed by atoms with Gasteiger partial charge >= 0.3 is 0 Å². The molecule has 1 unspecified atom stereocenters. The summed E-state index contributed by atoms with van der Waals surface area (Å²) in [5, 5.41) is 10.1. The van der Waals surface area contributed by atoms with E-state index in [0.29, 0.717) is 5.33 Å². The smallest absolute Gasteiger partial charge is 0.0961 e. The van der Waals surface area contributed by atoms with E-state index in [1.54, 1.807) is 0 Å². The minimum atomic E-state index is -0.630. The first kappa shape index (κ1) is 7.03. The van der Waals surface area contributed by atoms with Crippen LogP contribution in [0.4, 0.5) is 0 Å². The monoisotopic (exact) mass is 188 g/mol. The summed E-state index contributed by atoms with van der Waals surface area (Å²) in [7, 11) is 0. The first-order valence-electron chi connectivity index (χ1n) is 2.89. The van der Waals surface area contributed by atoms with Gasteiger partial charge < -0.3 is 5.11 Å². The highest BCUT2D eigenvalue weighted by atomic mass is 79.9. The van der Waals surface area contributed by atoms with Gasteiger partial charge in [0.1, 0.15) is 0 Å². The molecule has 0 aliphatic heterocycles. The zero-order chi connectivity index (χ0) is 6.74. The molecule has 50 valence electrons. The molecule has 0 saturated heterocycles. The third kappa shape index (κ3) is 1.66. The minimum absolute atomic E-state index is 0.612. The Kier molecular flexibility index (Phi) is 2.09. The maximum Gasteiger partial charge on any atom is 0.0961 e. The van der Waals surface area contributed by atoms with E-state index >= 15 is 0 Å². The van der Waals surface area contributed by atoms with E-state index in [1.807, 2.05) is 24.3 Å². The van der Waals surface area contributed by atoms with Crippen molar-refractivity contribution in [1.29, 1.82) is 0 Å². The van der Waals surface area contributed by atoms with Crippen molar-refractivity contribution in [1.82, 2.24) is 0 Å². The van der Waals surface area contributed by atoms with E-state index < -0.39 is 5.60 Å². The predicted octanol–water partition coefficient (Wildman–Crippen LogP) is 1.63. The number of hydrogen-bond donors (Lipinski definition) is 1. The zero-order valence-electron chi connectivity index (χ0n) is 5.05. The highest BCUT2D eigenvalue weighted by Gasteiger charge is 2.20. The topological polar surface area (TPSA) is 20.2 Å². The summed E-state index contributed by atoms with van der Waals surface area (Å²) in [5.74, 6) is 0. The van der Waals surface area contributed by atoms with Crippen molar-refractivity contribution < 1.29 is 5.11 Å². The summed E-state index contributed by atoms with van der Waals surface area (Å²) in [6, 6.07) is 0. The van der Waals surface area contributed by atoms with Crippen LogP contribution in [0.5, 0.6) is 0 Å². The lowest BCUT2D eigenvalue weighted by atomic mass is 9.98. The van der Waals surface area contributed by atoms with Crippen LogP contribution < -0.4 is 0 Å². The Bertz CT molecular complexity index is 151. The number of aliphatic hydroxyl groups is 1. The Hall–Kier alpha value is -0.0800. The molecular formula is C7H9BrO. The summed E-state index contributed by atoms with van der Waals surface area (Å²) in [4.78, 5) is 0. The SMILES string of the molecule is OC1(CBr)C=CC=CC1. The highest BCUT2D eigenvalue weighted by Crippen LogP contribution is 2.18. The minimum Gasteiger partial charge on any atom is -0.385 e. The molecule has 0 aromatic heterocycles. The molecule has 1 atom stereocenters. The second-order valence-electron chi connectivity index (χ2n) is 2.23. The Morgan fingerprint density at radius 1 is 1.56 bits per heavy atom. The van der Waals surface area contributed by atoms with Crippen LogP contribution in [0.25, 0.3) is 0 Å². The van der Waals surface area contributed by atoms with Crippen molar-refractivity contribution in [2.75, 3.05) is 5.33 Å². The van der Waals surface area contributed by atoms with Crippen LogP contribution in [-0.4, -0.2) is 16.0 Å². The molecule has 0 fully saturated rings. The molecule has 1 aliphatic rings. The van der Waals surface area contributed by atoms with Gasteiger partial charge in [-0.1, -0.05) is 40.2 Å². The Balaban J connectivity index is 2.63. The van der Waals surface area contributed by atoms with E-state index in [4.69, 9.17) is 0 Å². The van der Waals surface area contributed by atoms with Crippen LogP contribution in [0.1, 0.15) is 6.42 Å². The van der Waals surface area contributed by atoms with Gasteiger partial charge in [0.05, 0.1) is 5.60 Å². The average molecular weight is 189 g/mol. The van der Waals surface area contributed by atoms with E-state index in [1.165, 1.54) is 0 Å². The second kappa shape index (κ2) is 2.67. The summed E-state index contributed by atoms with van der Waals surface area (Å²) < 4.78 is 0. The second-order valence-corrected chi connectivity index (χ2v) is 2.79. The van der Waals surface area contributed by atoms with Crippen LogP contribution in [0, 0.1) is 0 Å². The van der Waals surface area contributed by atoms with E-state index in [-0.39, 0.29) is 0 Å². The van der Waals surface area contributed by atoms with Crippen LogP contribution in [0.2, 0.25) is 0 Å². The number of hydrogen-bond acceptors (Lipinski definition) is 1. The fourth-order valence-corrected chi connectivity index (χ4v) is 1.17. The Labute approximate surface area is 63.2 Å². The molecule has 1 N–H and O–H groups in total. The van der Waals surface area contributed by atoms with Gasteiger partial charge in [0, 0.05) is 5.33 Å². The quantitative estimate of drug-likeness (QED) is 0.621. The molecule has 0 aromatic carbocycles. The van der Waals surface area contributed by atoms with Crippen molar-refractivity contribution >= 4 is 15.9 Å². The highest BCUT2D eigenvalue weighted by molar-refractivity contribution is 9.09. The molecule has 0 saturated carbocycles. The van der Waals surface area contributed by atoms with E-state index in [0.717, 1.165) is 6.42 Å². The van der Waals surface area contributed by atoms with Gasteiger partial charge in [-0.25, -0.2) is 0 Å². The Morgan fingerprint density at radius 3 is 2.67 bits per heavy atom. The summed E-state index contributed by atoms with van der Waals surface area (Å²) in [5.41, 5.74) is -0.630. The normalized spacial score (nSPS) is 33.1. The predicted molar refractivity (Wildman–Crippen MR) is 41.6 cm³/mol. The van der Waals surface area contributed by atoms with Gasteiger partial charge in [0.15, 0.2) is 0 Å². The van der Waals surface area contributed by atoms with Crippen LogP contribution in [0.3, 0.4) is 0 Å². The van der Waals surface area contributed by atoms with Crippen molar-refractivity contribution in [3.8, 4) is 0 Å². The largest absolute Gasteiger partial charge is 0.385 e. The van der Waals surface area contributed by atoms with Gasteiger partial charge in [-0.2, -0.15) is 0 Å². The first-order valence-corrected chi connectivity index (χ1v) is 4.02. The van der Waals surface area contributed by atoms with Gasteiger partial charge in [-0.15, -0.1) is 0 Å². The maximum absolute atomic E-state index is 9.50. The molecule has 1 rings (SSSR count). The van der Waals surface area contributed by atoms with Crippen molar-refractivity contribution in [3.63, 3.8) is 0 Å². The molecule has 0 radical (unpaired) electrons. The lowest BCUT2D eigenvalue weighted by Gasteiger charge is -2.21. The van der Waals surface area contributed by atoms with Crippen LogP contribution in [0.15, 0.2) is 24.3 Å². The van der Waals surface area contributed by atoms with Crippen LogP contribution in [-0.2, 0) is 0 Å². The Morgan fingerprint density at radius 2 is 2.33 bits per heavy atom. The zero-order valence-corrected chi connectivity index (χ0v) is 6.63. The van der Waals surface area contributed by atoms with E-state index in [2.05, 4.69) is 15.9 Å². The number of allylic oxidation sites excluding steroid dienone is 2. The molecule has 1 aliphatic carbocycles. The van der Waals surface area contributed by atoms with Crippen molar-refractivity contribution in [2.45, 2.75) is 12.0 Å². The summed E-state index contributed by atoms with van der Waals surface area (Å²) in [6.45, 7) is 0. The van der Waals surface area contributed by atoms with Gasteiger partial charge in [0.25, 0.3) is 0 Å². The van der Waals surface area contributed by atoms with Gasteiger partial charge in [0.2, 0.25) is 0 Å². The molecule has 9 heavy (non-hydrogen) atoms. The van der Waals surface area contributed by atoms with E-state index in [9.17, 15) is 5.11 Å². The fourth-order valence-electron chi connectivity index (χ4n) is 0.752. The standard InChI is InChI=1S/C7H9BrO/c8-6-7(9)4-2-1-3-5-7/h1-4,9H,5-6H2. The van der Waals surface area contributed by atoms with Crippen molar-refractivity contribution in [3.05, 3.63) is 24.3 Å².